The van der Waals surface area contributed by atoms with Gasteiger partial charge in [-0.3, -0.25) is 4.79 Å². The van der Waals surface area contributed by atoms with Gasteiger partial charge in [0.05, 0.1) is 17.0 Å². The molecule has 0 aromatic heterocycles. The highest BCUT2D eigenvalue weighted by Crippen LogP contribution is 2.30. The fourth-order valence-electron chi connectivity index (χ4n) is 2.53. The zero-order chi connectivity index (χ0) is 21.1. The number of amides is 1. The van der Waals surface area contributed by atoms with Gasteiger partial charge in [-0.25, -0.2) is 13.1 Å². The second-order valence-electron chi connectivity index (χ2n) is 6.75. The van der Waals surface area contributed by atoms with Crippen LogP contribution in [0.25, 0.3) is 0 Å². The molecule has 6 nitrogen and oxygen atoms in total. The molecule has 0 radical (unpaired) electrons. The summed E-state index contributed by atoms with van der Waals surface area (Å²) in [5, 5.41) is 5.27. The molecule has 1 fully saturated rings. The maximum absolute atomic E-state index is 12.7. The molecule has 1 aliphatic rings. The number of benzene rings is 2. The van der Waals surface area contributed by atoms with Crippen molar-refractivity contribution in [3.05, 3.63) is 59.7 Å². The van der Waals surface area contributed by atoms with Crippen LogP contribution in [-0.4, -0.2) is 26.9 Å². The average molecular weight is 427 g/mol. The molecule has 29 heavy (non-hydrogen) atoms. The Labute approximate surface area is 166 Å². The van der Waals surface area contributed by atoms with Crippen LogP contribution in [0.2, 0.25) is 0 Å². The lowest BCUT2D eigenvalue weighted by molar-refractivity contribution is -0.137. The Morgan fingerprint density at radius 2 is 1.76 bits per heavy atom. The highest BCUT2D eigenvalue weighted by Gasteiger charge is 2.30. The van der Waals surface area contributed by atoms with Crippen LogP contribution in [0, 0.1) is 0 Å². The predicted octanol–water partition coefficient (Wildman–Crippen LogP) is 2.87. The summed E-state index contributed by atoms with van der Waals surface area (Å²) in [7, 11) is -3.53. The first-order valence-corrected chi connectivity index (χ1v) is 10.4. The van der Waals surface area contributed by atoms with Crippen molar-refractivity contribution < 1.29 is 26.4 Å². The van der Waals surface area contributed by atoms with Crippen LogP contribution in [0.15, 0.2) is 53.4 Å². The molecule has 0 unspecified atom stereocenters. The van der Waals surface area contributed by atoms with E-state index in [0.717, 1.165) is 25.0 Å². The first kappa shape index (κ1) is 21.1. The molecule has 1 amide bonds. The molecule has 2 aromatic carbocycles. The van der Waals surface area contributed by atoms with Crippen molar-refractivity contribution in [2.45, 2.75) is 36.5 Å². The van der Waals surface area contributed by atoms with Crippen molar-refractivity contribution in [2.24, 2.45) is 0 Å². The number of alkyl halides is 3. The van der Waals surface area contributed by atoms with E-state index in [2.05, 4.69) is 15.4 Å². The van der Waals surface area contributed by atoms with E-state index in [9.17, 15) is 26.4 Å². The second kappa shape index (κ2) is 8.42. The van der Waals surface area contributed by atoms with Crippen LogP contribution >= 0.6 is 0 Å². The standard InChI is InChI=1S/C19H20F3N3O3S/c20-19(21,22)14-2-1-3-16(10-14)23-12-18(26)24-11-13-4-8-17(9-5-13)29(27,28)25-15-6-7-15/h1-5,8-10,15,23,25H,6-7,11-12H2,(H,24,26). The Balaban J connectivity index is 1.48. The largest absolute Gasteiger partial charge is 0.416 e. The minimum absolute atomic E-state index is 0.0169. The van der Waals surface area contributed by atoms with Gasteiger partial charge in [-0.2, -0.15) is 13.2 Å². The summed E-state index contributed by atoms with van der Waals surface area (Å²) >= 11 is 0. The molecule has 1 saturated carbocycles. The van der Waals surface area contributed by atoms with Gasteiger partial charge in [0.25, 0.3) is 0 Å². The van der Waals surface area contributed by atoms with Crippen LogP contribution < -0.4 is 15.4 Å². The van der Waals surface area contributed by atoms with Crippen LogP contribution in [0.1, 0.15) is 24.0 Å². The topological polar surface area (TPSA) is 87.3 Å². The van der Waals surface area contributed by atoms with Crippen molar-refractivity contribution in [3.8, 4) is 0 Å². The summed E-state index contributed by atoms with van der Waals surface area (Å²) in [6.45, 7) is -0.0292. The van der Waals surface area contributed by atoms with Gasteiger partial charge in [0.15, 0.2) is 0 Å². The van der Waals surface area contributed by atoms with Gasteiger partial charge in [-0.1, -0.05) is 18.2 Å². The molecular weight excluding hydrogens is 407 g/mol. The lowest BCUT2D eigenvalue weighted by Gasteiger charge is -2.11. The fraction of sp³-hybridized carbons (Fsp3) is 0.316. The van der Waals surface area contributed by atoms with Gasteiger partial charge >= 0.3 is 6.18 Å². The van der Waals surface area contributed by atoms with E-state index < -0.39 is 27.7 Å². The van der Waals surface area contributed by atoms with Crippen LogP contribution in [0.4, 0.5) is 18.9 Å². The quantitative estimate of drug-likeness (QED) is 0.605. The third-order valence-electron chi connectivity index (χ3n) is 4.27. The SMILES string of the molecule is O=C(CNc1cccc(C(F)(F)F)c1)NCc1ccc(S(=O)(=O)NC2CC2)cc1. The second-order valence-corrected chi connectivity index (χ2v) is 8.46. The average Bonchev–Trinajstić information content (AvgIpc) is 3.48. The van der Waals surface area contributed by atoms with Crippen molar-refractivity contribution in [3.63, 3.8) is 0 Å². The number of hydrogen-bond acceptors (Lipinski definition) is 4. The zero-order valence-electron chi connectivity index (χ0n) is 15.3. The zero-order valence-corrected chi connectivity index (χ0v) is 16.1. The molecule has 2 aromatic rings. The van der Waals surface area contributed by atoms with Crippen LogP contribution in [0.3, 0.4) is 0 Å². The van der Waals surface area contributed by atoms with Crippen LogP contribution in [0.5, 0.6) is 0 Å². The van der Waals surface area contributed by atoms with Crippen molar-refractivity contribution >= 4 is 21.6 Å². The maximum atomic E-state index is 12.7. The first-order valence-electron chi connectivity index (χ1n) is 8.92. The molecule has 10 heteroatoms. The van der Waals surface area contributed by atoms with Gasteiger partial charge in [0.1, 0.15) is 0 Å². The molecule has 0 bridgehead atoms. The number of sulfonamides is 1. The summed E-state index contributed by atoms with van der Waals surface area (Å²) < 4.78 is 64.9. The summed E-state index contributed by atoms with van der Waals surface area (Å²) in [4.78, 5) is 12.1. The van der Waals surface area contributed by atoms with Crippen molar-refractivity contribution in [2.75, 3.05) is 11.9 Å². The Bertz CT molecular complexity index is 972. The minimum Gasteiger partial charge on any atom is -0.376 e. The molecule has 156 valence electrons. The first-order chi connectivity index (χ1) is 13.6. The number of nitrogens with one attached hydrogen (secondary N) is 3. The minimum atomic E-state index is -4.45. The molecule has 1 aliphatic carbocycles. The van der Waals surface area contributed by atoms with E-state index in [-0.39, 0.29) is 29.7 Å². The number of halogens is 3. The molecule has 0 aliphatic heterocycles. The Hall–Kier alpha value is -2.59. The van der Waals surface area contributed by atoms with E-state index in [1.807, 2.05) is 0 Å². The molecular formula is C19H20F3N3O3S. The smallest absolute Gasteiger partial charge is 0.376 e. The van der Waals surface area contributed by atoms with Crippen molar-refractivity contribution in [1.29, 1.82) is 0 Å². The number of carbonyl (C=O) groups excluding carboxylic acids is 1. The Morgan fingerprint density at radius 3 is 2.38 bits per heavy atom. The third kappa shape index (κ3) is 6.20. The molecule has 0 spiro atoms. The highest BCUT2D eigenvalue weighted by atomic mass is 32.2. The van der Waals surface area contributed by atoms with Gasteiger partial charge < -0.3 is 10.6 Å². The predicted molar refractivity (Wildman–Crippen MR) is 102 cm³/mol. The fourth-order valence-corrected chi connectivity index (χ4v) is 3.83. The summed E-state index contributed by atoms with van der Waals surface area (Å²) in [6, 6.07) is 10.7. The number of anilines is 1. The van der Waals surface area contributed by atoms with Gasteiger partial charge in [-0.15, -0.1) is 0 Å². The molecule has 0 saturated heterocycles. The normalized spacial score (nSPS) is 14.4. The van der Waals surface area contributed by atoms with Gasteiger partial charge in [-0.05, 0) is 48.7 Å². The Kier molecular flexibility index (Phi) is 6.13. The highest BCUT2D eigenvalue weighted by molar-refractivity contribution is 7.89. The lowest BCUT2D eigenvalue weighted by atomic mass is 10.2. The summed E-state index contributed by atoms with van der Waals surface area (Å²) in [6.07, 6.45) is -2.76. The molecule has 3 rings (SSSR count). The lowest BCUT2D eigenvalue weighted by Crippen LogP contribution is -2.29. The van der Waals surface area contributed by atoms with E-state index in [4.69, 9.17) is 0 Å². The third-order valence-corrected chi connectivity index (χ3v) is 5.80. The number of carbonyl (C=O) groups is 1. The van der Waals surface area contributed by atoms with Crippen LogP contribution in [-0.2, 0) is 27.5 Å². The van der Waals surface area contributed by atoms with Gasteiger partial charge in [0.2, 0.25) is 15.9 Å². The van der Waals surface area contributed by atoms with E-state index in [0.29, 0.717) is 5.56 Å². The number of hydrogen-bond donors (Lipinski definition) is 3. The maximum Gasteiger partial charge on any atom is 0.416 e. The van der Waals surface area contributed by atoms with E-state index in [1.165, 1.54) is 24.3 Å². The van der Waals surface area contributed by atoms with Gasteiger partial charge in [0, 0.05) is 18.3 Å². The molecule has 0 heterocycles. The molecule has 3 N–H and O–H groups in total. The number of rotatable bonds is 8. The van der Waals surface area contributed by atoms with E-state index >= 15 is 0 Å². The monoisotopic (exact) mass is 427 g/mol. The van der Waals surface area contributed by atoms with Crippen molar-refractivity contribution in [1.82, 2.24) is 10.0 Å². The molecule has 0 atom stereocenters. The summed E-state index contributed by atoms with van der Waals surface area (Å²) in [5.74, 6) is -0.408. The Morgan fingerprint density at radius 1 is 1.07 bits per heavy atom. The summed E-state index contributed by atoms with van der Waals surface area (Å²) in [5.41, 5.74) is 0.0876. The van der Waals surface area contributed by atoms with E-state index in [1.54, 1.807) is 12.1 Å².